The Morgan fingerprint density at radius 2 is 1.93 bits per heavy atom. The molecule has 1 aliphatic rings. The Morgan fingerprint density at radius 3 is 2.52 bits per heavy atom. The summed E-state index contributed by atoms with van der Waals surface area (Å²) in [5.74, 6) is 2.52. The van der Waals surface area contributed by atoms with E-state index in [-0.39, 0.29) is 24.0 Å². The van der Waals surface area contributed by atoms with Gasteiger partial charge >= 0.3 is 0 Å². The summed E-state index contributed by atoms with van der Waals surface area (Å²) in [6, 6.07) is 6.63. The Hall–Kier alpha value is -1.26. The Bertz CT molecular complexity index is 626. The average Bonchev–Trinajstić information content (AvgIpc) is 3.55. The molecule has 0 aliphatic heterocycles. The molecular formula is C21H37IN4O3. The van der Waals surface area contributed by atoms with E-state index in [0.29, 0.717) is 12.6 Å². The zero-order valence-electron chi connectivity index (χ0n) is 18.4. The Morgan fingerprint density at radius 1 is 1.17 bits per heavy atom. The first-order valence-electron chi connectivity index (χ1n) is 10.1. The highest BCUT2D eigenvalue weighted by molar-refractivity contribution is 14.0. The molecule has 0 saturated heterocycles. The van der Waals surface area contributed by atoms with Crippen LogP contribution in [0.25, 0.3) is 0 Å². The van der Waals surface area contributed by atoms with Gasteiger partial charge in [0.25, 0.3) is 0 Å². The molecule has 1 aliphatic carbocycles. The number of nitrogens with zero attached hydrogens (tertiary/aromatic N) is 3. The van der Waals surface area contributed by atoms with Crippen molar-refractivity contribution < 1.29 is 14.2 Å². The third-order valence-electron chi connectivity index (χ3n) is 4.89. The third-order valence-corrected chi connectivity index (χ3v) is 4.89. The minimum absolute atomic E-state index is 0. The lowest BCUT2D eigenvalue weighted by Crippen LogP contribution is -2.39. The maximum atomic E-state index is 5.53. The fraction of sp³-hybridized carbons (Fsp3) is 0.667. The van der Waals surface area contributed by atoms with Crippen LogP contribution in [0.15, 0.2) is 23.2 Å². The highest BCUT2D eigenvalue weighted by atomic mass is 127. The number of rotatable bonds is 12. The minimum Gasteiger partial charge on any atom is -0.497 e. The van der Waals surface area contributed by atoms with Crippen LogP contribution in [0, 0.1) is 0 Å². The minimum atomic E-state index is 0. The van der Waals surface area contributed by atoms with Crippen LogP contribution >= 0.6 is 24.0 Å². The van der Waals surface area contributed by atoms with Crippen molar-refractivity contribution in [1.82, 2.24) is 15.1 Å². The number of hydrogen-bond acceptors (Lipinski definition) is 5. The molecule has 166 valence electrons. The number of nitrogens with one attached hydrogen (secondary N) is 1. The molecule has 1 fully saturated rings. The van der Waals surface area contributed by atoms with Crippen LogP contribution in [-0.2, 0) is 11.3 Å². The molecule has 29 heavy (non-hydrogen) atoms. The van der Waals surface area contributed by atoms with Gasteiger partial charge in [-0.1, -0.05) is 0 Å². The van der Waals surface area contributed by atoms with E-state index in [2.05, 4.69) is 29.1 Å². The Kier molecular flexibility index (Phi) is 12.3. The zero-order valence-corrected chi connectivity index (χ0v) is 20.8. The number of ether oxygens (including phenoxy) is 3. The summed E-state index contributed by atoms with van der Waals surface area (Å²) in [6.45, 7) is 7.11. The summed E-state index contributed by atoms with van der Waals surface area (Å²) < 4.78 is 16.1. The molecule has 1 aromatic carbocycles. The van der Waals surface area contributed by atoms with Crippen molar-refractivity contribution in [3.05, 3.63) is 23.8 Å². The second kappa shape index (κ2) is 13.9. The summed E-state index contributed by atoms with van der Waals surface area (Å²) in [4.78, 5) is 9.46. The average molecular weight is 520 g/mol. The molecule has 1 saturated carbocycles. The SMILES string of the molecule is CCNC(=NCCN(CCOC)C1CC1)N(C)Cc1ccc(OC)cc1OC.I. The topological polar surface area (TPSA) is 58.6 Å². The zero-order chi connectivity index (χ0) is 20.4. The maximum Gasteiger partial charge on any atom is 0.194 e. The molecule has 0 atom stereocenters. The Balaban J connectivity index is 0.00000420. The number of methoxy groups -OCH3 is 3. The highest BCUT2D eigenvalue weighted by Gasteiger charge is 2.28. The fourth-order valence-electron chi connectivity index (χ4n) is 3.19. The van der Waals surface area contributed by atoms with Crippen LogP contribution in [0.2, 0.25) is 0 Å². The first kappa shape index (κ1) is 25.8. The lowest BCUT2D eigenvalue weighted by Gasteiger charge is -2.24. The maximum absolute atomic E-state index is 5.53. The number of guanidine groups is 1. The van der Waals surface area contributed by atoms with Gasteiger partial charge in [0, 0.05) is 58.0 Å². The molecule has 2 rings (SSSR count). The molecule has 0 amide bonds. The normalized spacial score (nSPS) is 13.8. The fourth-order valence-corrected chi connectivity index (χ4v) is 3.19. The first-order chi connectivity index (χ1) is 13.6. The number of halogens is 1. The van der Waals surface area contributed by atoms with Crippen molar-refractivity contribution in [2.75, 3.05) is 61.2 Å². The predicted molar refractivity (Wildman–Crippen MR) is 129 cm³/mol. The number of hydrogen-bond donors (Lipinski definition) is 1. The molecule has 0 radical (unpaired) electrons. The van der Waals surface area contributed by atoms with Crippen molar-refractivity contribution >= 4 is 29.9 Å². The molecule has 8 heteroatoms. The number of aliphatic imine (C=N–C) groups is 1. The molecule has 1 aromatic rings. The van der Waals surface area contributed by atoms with Crippen LogP contribution in [0.5, 0.6) is 11.5 Å². The summed E-state index contributed by atoms with van der Waals surface area (Å²) in [6.07, 6.45) is 2.59. The van der Waals surface area contributed by atoms with E-state index in [1.165, 1.54) is 12.8 Å². The van der Waals surface area contributed by atoms with Crippen molar-refractivity contribution in [3.63, 3.8) is 0 Å². The molecule has 0 heterocycles. The molecule has 0 spiro atoms. The monoisotopic (exact) mass is 520 g/mol. The molecule has 1 N–H and O–H groups in total. The van der Waals surface area contributed by atoms with Crippen LogP contribution < -0.4 is 14.8 Å². The van der Waals surface area contributed by atoms with Gasteiger partial charge in [-0.05, 0) is 31.9 Å². The largest absolute Gasteiger partial charge is 0.497 e. The molecular weight excluding hydrogens is 483 g/mol. The third kappa shape index (κ3) is 8.55. The highest BCUT2D eigenvalue weighted by Crippen LogP contribution is 2.26. The van der Waals surface area contributed by atoms with Gasteiger partial charge in [-0.3, -0.25) is 9.89 Å². The van der Waals surface area contributed by atoms with Crippen LogP contribution in [0.1, 0.15) is 25.3 Å². The second-order valence-corrected chi connectivity index (χ2v) is 7.03. The molecule has 7 nitrogen and oxygen atoms in total. The predicted octanol–water partition coefficient (Wildman–Crippen LogP) is 2.83. The molecule has 0 aromatic heterocycles. The van der Waals surface area contributed by atoms with E-state index in [1.54, 1.807) is 21.3 Å². The molecule has 0 bridgehead atoms. The van der Waals surface area contributed by atoms with Crippen LogP contribution in [0.3, 0.4) is 0 Å². The summed E-state index contributed by atoms with van der Waals surface area (Å²) in [5.41, 5.74) is 1.09. The second-order valence-electron chi connectivity index (χ2n) is 7.03. The van der Waals surface area contributed by atoms with Crippen molar-refractivity contribution in [2.45, 2.75) is 32.4 Å². The van der Waals surface area contributed by atoms with Gasteiger partial charge < -0.3 is 24.4 Å². The Labute approximate surface area is 192 Å². The van der Waals surface area contributed by atoms with E-state index < -0.39 is 0 Å². The van der Waals surface area contributed by atoms with E-state index in [9.17, 15) is 0 Å². The van der Waals surface area contributed by atoms with Gasteiger partial charge in [-0.25, -0.2) is 0 Å². The smallest absolute Gasteiger partial charge is 0.194 e. The lowest BCUT2D eigenvalue weighted by molar-refractivity contribution is 0.145. The van der Waals surface area contributed by atoms with E-state index in [4.69, 9.17) is 19.2 Å². The van der Waals surface area contributed by atoms with Gasteiger partial charge in [-0.15, -0.1) is 24.0 Å². The van der Waals surface area contributed by atoms with Gasteiger partial charge in [0.05, 0.1) is 27.4 Å². The summed E-state index contributed by atoms with van der Waals surface area (Å²) in [5, 5.41) is 3.39. The van der Waals surface area contributed by atoms with E-state index >= 15 is 0 Å². The van der Waals surface area contributed by atoms with Gasteiger partial charge in [0.2, 0.25) is 0 Å². The van der Waals surface area contributed by atoms with Gasteiger partial charge in [0.15, 0.2) is 5.96 Å². The standard InChI is InChI=1S/C21H36N4O3.HI/c1-6-22-21(23-11-12-25(13-14-26-3)18-8-9-18)24(2)16-17-7-10-19(27-4)15-20(17)28-5;/h7,10,15,18H,6,8-9,11-14,16H2,1-5H3,(H,22,23);1H. The van der Waals surface area contributed by atoms with Crippen LogP contribution in [-0.4, -0.2) is 83.0 Å². The van der Waals surface area contributed by atoms with E-state index in [1.807, 2.05) is 18.2 Å². The first-order valence-corrected chi connectivity index (χ1v) is 10.1. The van der Waals surface area contributed by atoms with Crippen molar-refractivity contribution in [2.24, 2.45) is 4.99 Å². The quantitative estimate of drug-likeness (QED) is 0.260. The van der Waals surface area contributed by atoms with E-state index in [0.717, 1.165) is 55.8 Å². The lowest BCUT2D eigenvalue weighted by atomic mass is 10.2. The molecule has 0 unspecified atom stereocenters. The van der Waals surface area contributed by atoms with Crippen molar-refractivity contribution in [3.8, 4) is 11.5 Å². The van der Waals surface area contributed by atoms with Crippen molar-refractivity contribution in [1.29, 1.82) is 0 Å². The summed E-state index contributed by atoms with van der Waals surface area (Å²) >= 11 is 0. The van der Waals surface area contributed by atoms with Gasteiger partial charge in [0.1, 0.15) is 11.5 Å². The van der Waals surface area contributed by atoms with Gasteiger partial charge in [-0.2, -0.15) is 0 Å². The summed E-state index contributed by atoms with van der Waals surface area (Å²) in [7, 11) is 7.15. The number of benzene rings is 1. The van der Waals surface area contributed by atoms with Crippen LogP contribution in [0.4, 0.5) is 0 Å².